The molecule has 0 spiro atoms. The molecule has 0 radical (unpaired) electrons. The van der Waals surface area contributed by atoms with Gasteiger partial charge in [-0.1, -0.05) is 34.9 Å². The SMILES string of the molecule is CCOc1c(Cl)cc(CNCCC2=CCCCC2)cc1Cl. The summed E-state index contributed by atoms with van der Waals surface area (Å²) in [6.45, 7) is 4.25. The van der Waals surface area contributed by atoms with Crippen LogP contribution in [0.25, 0.3) is 0 Å². The van der Waals surface area contributed by atoms with Crippen molar-refractivity contribution in [3.8, 4) is 5.75 Å². The number of nitrogens with one attached hydrogen (secondary N) is 1. The molecular formula is C17H23Cl2NO. The van der Waals surface area contributed by atoms with Gasteiger partial charge in [-0.2, -0.15) is 0 Å². The van der Waals surface area contributed by atoms with Crippen molar-refractivity contribution < 1.29 is 4.74 Å². The average molecular weight is 328 g/mol. The molecule has 0 saturated heterocycles. The minimum absolute atomic E-state index is 0.562. The van der Waals surface area contributed by atoms with E-state index in [9.17, 15) is 0 Å². The van der Waals surface area contributed by atoms with Crippen molar-refractivity contribution >= 4 is 23.2 Å². The van der Waals surface area contributed by atoms with Gasteiger partial charge in [0.25, 0.3) is 0 Å². The molecular weight excluding hydrogens is 305 g/mol. The highest BCUT2D eigenvalue weighted by Gasteiger charge is 2.09. The lowest BCUT2D eigenvalue weighted by Gasteiger charge is -2.14. The Kier molecular flexibility index (Phi) is 6.88. The molecule has 2 rings (SSSR count). The minimum Gasteiger partial charge on any atom is -0.491 e. The van der Waals surface area contributed by atoms with Gasteiger partial charge in [0.15, 0.2) is 5.75 Å². The van der Waals surface area contributed by atoms with Gasteiger partial charge in [-0.3, -0.25) is 0 Å². The Morgan fingerprint density at radius 3 is 2.57 bits per heavy atom. The predicted octanol–water partition coefficient (Wildman–Crippen LogP) is 5.37. The maximum atomic E-state index is 6.20. The highest BCUT2D eigenvalue weighted by atomic mass is 35.5. The van der Waals surface area contributed by atoms with Gasteiger partial charge in [-0.25, -0.2) is 0 Å². The number of hydrogen-bond donors (Lipinski definition) is 1. The normalized spacial score (nSPS) is 14.9. The van der Waals surface area contributed by atoms with Gasteiger partial charge >= 0.3 is 0 Å². The van der Waals surface area contributed by atoms with Gasteiger partial charge in [0, 0.05) is 6.54 Å². The molecule has 116 valence electrons. The second-order valence-corrected chi connectivity index (χ2v) is 6.17. The first-order valence-electron chi connectivity index (χ1n) is 7.70. The summed E-state index contributed by atoms with van der Waals surface area (Å²) in [6.07, 6.45) is 8.74. The quantitative estimate of drug-likeness (QED) is 0.536. The van der Waals surface area contributed by atoms with E-state index in [-0.39, 0.29) is 0 Å². The molecule has 0 fully saturated rings. The molecule has 1 aliphatic rings. The monoisotopic (exact) mass is 327 g/mol. The standard InChI is InChI=1S/C17H23Cl2NO/c1-2-21-17-15(18)10-14(11-16(17)19)12-20-9-8-13-6-4-3-5-7-13/h6,10-11,20H,2-5,7-9,12H2,1H3. The van der Waals surface area contributed by atoms with Crippen molar-refractivity contribution in [3.05, 3.63) is 39.4 Å². The Morgan fingerprint density at radius 1 is 1.19 bits per heavy atom. The fraction of sp³-hybridized carbons (Fsp3) is 0.529. The Morgan fingerprint density at radius 2 is 1.95 bits per heavy atom. The van der Waals surface area contributed by atoms with Gasteiger partial charge in [0.2, 0.25) is 0 Å². The molecule has 2 nitrogen and oxygen atoms in total. The first-order chi connectivity index (χ1) is 10.2. The maximum absolute atomic E-state index is 6.20. The highest BCUT2D eigenvalue weighted by molar-refractivity contribution is 6.37. The molecule has 1 aliphatic carbocycles. The van der Waals surface area contributed by atoms with E-state index < -0.39 is 0 Å². The zero-order valence-corrected chi connectivity index (χ0v) is 14.1. The number of benzene rings is 1. The van der Waals surface area contributed by atoms with Crippen molar-refractivity contribution in [2.75, 3.05) is 13.2 Å². The molecule has 1 aromatic rings. The molecule has 0 saturated carbocycles. The third-order valence-corrected chi connectivity index (χ3v) is 4.25. The van der Waals surface area contributed by atoms with Crippen LogP contribution in [0.3, 0.4) is 0 Å². The Balaban J connectivity index is 1.81. The summed E-state index contributed by atoms with van der Waals surface area (Å²) in [5, 5.41) is 4.62. The van der Waals surface area contributed by atoms with Crippen LogP contribution in [0.15, 0.2) is 23.8 Å². The second kappa shape index (κ2) is 8.67. The van der Waals surface area contributed by atoms with Gasteiger partial charge in [0.05, 0.1) is 16.7 Å². The van der Waals surface area contributed by atoms with Gasteiger partial charge < -0.3 is 10.1 Å². The summed E-state index contributed by atoms with van der Waals surface area (Å²) in [6, 6.07) is 3.84. The molecule has 0 aliphatic heterocycles. The largest absolute Gasteiger partial charge is 0.491 e. The molecule has 4 heteroatoms. The highest BCUT2D eigenvalue weighted by Crippen LogP contribution is 2.34. The maximum Gasteiger partial charge on any atom is 0.156 e. The molecule has 1 aromatic carbocycles. The summed E-state index contributed by atoms with van der Waals surface area (Å²) in [5.41, 5.74) is 2.68. The first-order valence-corrected chi connectivity index (χ1v) is 8.45. The summed E-state index contributed by atoms with van der Waals surface area (Å²) in [5.74, 6) is 0.581. The zero-order chi connectivity index (χ0) is 15.1. The summed E-state index contributed by atoms with van der Waals surface area (Å²) < 4.78 is 5.44. The zero-order valence-electron chi connectivity index (χ0n) is 12.6. The minimum atomic E-state index is 0.562. The van der Waals surface area contributed by atoms with Crippen molar-refractivity contribution in [1.29, 1.82) is 0 Å². The first kappa shape index (κ1) is 16.7. The van der Waals surface area contributed by atoms with E-state index in [4.69, 9.17) is 27.9 Å². The van der Waals surface area contributed by atoms with Crippen LogP contribution in [0.1, 0.15) is 44.6 Å². The second-order valence-electron chi connectivity index (χ2n) is 5.36. The number of halogens is 2. The number of allylic oxidation sites excluding steroid dienone is 1. The van der Waals surface area contributed by atoms with E-state index in [2.05, 4.69) is 11.4 Å². The van der Waals surface area contributed by atoms with Gasteiger partial charge in [-0.05, 0) is 63.3 Å². The molecule has 0 aromatic heterocycles. The fourth-order valence-electron chi connectivity index (χ4n) is 2.61. The Labute approximate surface area is 137 Å². The van der Waals surface area contributed by atoms with Crippen LogP contribution in [0.2, 0.25) is 10.0 Å². The van der Waals surface area contributed by atoms with Crippen LogP contribution in [0, 0.1) is 0 Å². The van der Waals surface area contributed by atoms with Crippen molar-refractivity contribution in [2.24, 2.45) is 0 Å². The van der Waals surface area contributed by atoms with Crippen LogP contribution < -0.4 is 10.1 Å². The van der Waals surface area contributed by atoms with Gasteiger partial charge in [0.1, 0.15) is 0 Å². The van der Waals surface area contributed by atoms with E-state index in [1.54, 1.807) is 5.57 Å². The number of ether oxygens (including phenoxy) is 1. The van der Waals surface area contributed by atoms with Crippen LogP contribution in [0.5, 0.6) is 5.75 Å². The fourth-order valence-corrected chi connectivity index (χ4v) is 3.25. The van der Waals surface area contributed by atoms with E-state index in [0.29, 0.717) is 22.4 Å². The lowest BCUT2D eigenvalue weighted by molar-refractivity contribution is 0.340. The van der Waals surface area contributed by atoms with Crippen LogP contribution in [0.4, 0.5) is 0 Å². The molecule has 21 heavy (non-hydrogen) atoms. The summed E-state index contributed by atoms with van der Waals surface area (Å²) in [7, 11) is 0. The van der Waals surface area contributed by atoms with E-state index in [0.717, 1.165) is 25.1 Å². The third kappa shape index (κ3) is 5.21. The van der Waals surface area contributed by atoms with Crippen LogP contribution in [-0.4, -0.2) is 13.2 Å². The number of hydrogen-bond acceptors (Lipinski definition) is 2. The average Bonchev–Trinajstić information content (AvgIpc) is 2.48. The third-order valence-electron chi connectivity index (χ3n) is 3.68. The lowest BCUT2D eigenvalue weighted by Crippen LogP contribution is -2.15. The van der Waals surface area contributed by atoms with E-state index in [1.807, 2.05) is 19.1 Å². The van der Waals surface area contributed by atoms with Crippen molar-refractivity contribution in [3.63, 3.8) is 0 Å². The molecule has 0 unspecified atom stereocenters. The Hall–Kier alpha value is -0.700. The van der Waals surface area contributed by atoms with E-state index in [1.165, 1.54) is 25.7 Å². The van der Waals surface area contributed by atoms with Gasteiger partial charge in [-0.15, -0.1) is 0 Å². The molecule has 0 heterocycles. The predicted molar refractivity (Wildman–Crippen MR) is 90.5 cm³/mol. The lowest BCUT2D eigenvalue weighted by atomic mass is 9.97. The smallest absolute Gasteiger partial charge is 0.156 e. The molecule has 0 atom stereocenters. The van der Waals surface area contributed by atoms with Crippen LogP contribution in [-0.2, 0) is 6.54 Å². The van der Waals surface area contributed by atoms with Crippen molar-refractivity contribution in [1.82, 2.24) is 5.32 Å². The van der Waals surface area contributed by atoms with E-state index >= 15 is 0 Å². The summed E-state index contributed by atoms with van der Waals surface area (Å²) >= 11 is 12.4. The number of rotatable bonds is 7. The molecule has 1 N–H and O–H groups in total. The van der Waals surface area contributed by atoms with Crippen LogP contribution >= 0.6 is 23.2 Å². The summed E-state index contributed by atoms with van der Waals surface area (Å²) in [4.78, 5) is 0. The Bertz CT molecular complexity index is 477. The topological polar surface area (TPSA) is 21.3 Å². The molecule has 0 bridgehead atoms. The van der Waals surface area contributed by atoms with Crippen molar-refractivity contribution in [2.45, 2.75) is 45.6 Å². The molecule has 0 amide bonds.